The van der Waals surface area contributed by atoms with Crippen LogP contribution in [0.4, 0.5) is 0 Å². The quantitative estimate of drug-likeness (QED) is 0.756. The first-order valence-corrected chi connectivity index (χ1v) is 5.91. The van der Waals surface area contributed by atoms with Gasteiger partial charge in [0.15, 0.2) is 0 Å². The van der Waals surface area contributed by atoms with Crippen LogP contribution in [-0.2, 0) is 6.42 Å². The highest BCUT2D eigenvalue weighted by molar-refractivity contribution is 9.09. The van der Waals surface area contributed by atoms with Crippen molar-refractivity contribution >= 4 is 38.4 Å². The summed E-state index contributed by atoms with van der Waals surface area (Å²) in [5.74, 6) is 0. The van der Waals surface area contributed by atoms with E-state index in [-0.39, 0.29) is 0 Å². The molecule has 0 saturated carbocycles. The predicted molar refractivity (Wildman–Crippen MR) is 64.3 cm³/mol. The van der Waals surface area contributed by atoms with Gasteiger partial charge in [0.1, 0.15) is 0 Å². The van der Waals surface area contributed by atoms with E-state index in [0.717, 1.165) is 33.4 Å². The van der Waals surface area contributed by atoms with E-state index in [1.54, 1.807) is 0 Å². The Labute approximate surface area is 96.2 Å². The summed E-state index contributed by atoms with van der Waals surface area (Å²) in [6.45, 7) is 0. The molecule has 2 aromatic rings. The van der Waals surface area contributed by atoms with Gasteiger partial charge in [0.05, 0.1) is 5.52 Å². The highest BCUT2D eigenvalue weighted by atomic mass is 79.9. The molecule has 1 aromatic heterocycles. The Hall–Kier alpha value is -0.600. The van der Waals surface area contributed by atoms with Crippen molar-refractivity contribution in [3.05, 3.63) is 41.0 Å². The molecule has 0 aliphatic carbocycles. The van der Waals surface area contributed by atoms with E-state index >= 15 is 0 Å². The van der Waals surface area contributed by atoms with Crippen LogP contribution in [0.25, 0.3) is 10.9 Å². The molecule has 1 nitrogen and oxygen atoms in total. The number of halogens is 2. The Bertz CT molecular complexity index is 456. The Balaban J connectivity index is 2.50. The van der Waals surface area contributed by atoms with Gasteiger partial charge in [-0.2, -0.15) is 0 Å². The van der Waals surface area contributed by atoms with E-state index in [2.05, 4.69) is 27.0 Å². The number of benzene rings is 1. The van der Waals surface area contributed by atoms with Gasteiger partial charge in [-0.1, -0.05) is 33.6 Å². The SMILES string of the molecule is Clc1ccc2nc(CCBr)ccc2c1. The molecule has 0 amide bonds. The molecule has 1 heterocycles. The second kappa shape index (κ2) is 4.28. The van der Waals surface area contributed by atoms with Gasteiger partial charge >= 0.3 is 0 Å². The Morgan fingerprint density at radius 2 is 2.07 bits per heavy atom. The van der Waals surface area contributed by atoms with Gasteiger partial charge in [0.25, 0.3) is 0 Å². The van der Waals surface area contributed by atoms with E-state index in [1.807, 2.05) is 24.3 Å². The molecular weight excluding hydrogens is 261 g/mol. The van der Waals surface area contributed by atoms with Gasteiger partial charge < -0.3 is 0 Å². The fraction of sp³-hybridized carbons (Fsp3) is 0.182. The van der Waals surface area contributed by atoms with Gasteiger partial charge in [0.2, 0.25) is 0 Å². The van der Waals surface area contributed by atoms with Crippen molar-refractivity contribution in [2.24, 2.45) is 0 Å². The number of aromatic nitrogens is 1. The molecule has 0 aliphatic rings. The van der Waals surface area contributed by atoms with Crippen LogP contribution in [0.3, 0.4) is 0 Å². The van der Waals surface area contributed by atoms with E-state index in [4.69, 9.17) is 11.6 Å². The maximum Gasteiger partial charge on any atom is 0.0706 e. The summed E-state index contributed by atoms with van der Waals surface area (Å²) in [7, 11) is 0. The van der Waals surface area contributed by atoms with Crippen molar-refractivity contribution in [3.8, 4) is 0 Å². The van der Waals surface area contributed by atoms with Gasteiger partial charge in [-0.15, -0.1) is 0 Å². The number of fused-ring (bicyclic) bond motifs is 1. The van der Waals surface area contributed by atoms with Crippen LogP contribution in [-0.4, -0.2) is 10.3 Å². The summed E-state index contributed by atoms with van der Waals surface area (Å²) in [5.41, 5.74) is 2.12. The first-order valence-electron chi connectivity index (χ1n) is 4.41. The molecule has 0 N–H and O–H groups in total. The van der Waals surface area contributed by atoms with Crippen molar-refractivity contribution in [3.63, 3.8) is 0 Å². The molecule has 0 aliphatic heterocycles. The van der Waals surface area contributed by atoms with Gasteiger partial charge in [-0.05, 0) is 30.7 Å². The largest absolute Gasteiger partial charge is 0.253 e. The Kier molecular flexibility index (Phi) is 3.04. The molecular formula is C11H9BrClN. The number of alkyl halides is 1. The molecule has 72 valence electrons. The van der Waals surface area contributed by atoms with Crippen LogP contribution in [0, 0.1) is 0 Å². The summed E-state index contributed by atoms with van der Waals surface area (Å²) < 4.78 is 0. The highest BCUT2D eigenvalue weighted by Gasteiger charge is 1.98. The fourth-order valence-corrected chi connectivity index (χ4v) is 1.96. The minimum Gasteiger partial charge on any atom is -0.253 e. The first kappa shape index (κ1) is 9.94. The molecule has 0 atom stereocenters. The third kappa shape index (κ3) is 2.07. The van der Waals surface area contributed by atoms with Crippen molar-refractivity contribution in [1.82, 2.24) is 4.98 Å². The van der Waals surface area contributed by atoms with Crippen LogP contribution < -0.4 is 0 Å². The number of pyridine rings is 1. The van der Waals surface area contributed by atoms with E-state index in [0.29, 0.717) is 0 Å². The summed E-state index contributed by atoms with van der Waals surface area (Å²) in [6, 6.07) is 9.86. The molecule has 1 aromatic carbocycles. The van der Waals surface area contributed by atoms with Crippen molar-refractivity contribution in [1.29, 1.82) is 0 Å². The summed E-state index contributed by atoms with van der Waals surface area (Å²) in [5, 5.41) is 2.79. The van der Waals surface area contributed by atoms with Crippen LogP contribution in [0.2, 0.25) is 5.02 Å². The average Bonchev–Trinajstić information content (AvgIpc) is 2.19. The van der Waals surface area contributed by atoms with Crippen molar-refractivity contribution in [2.75, 3.05) is 5.33 Å². The standard InChI is InChI=1S/C11H9BrClN/c12-6-5-10-3-1-8-7-9(13)2-4-11(8)14-10/h1-4,7H,5-6H2. The van der Waals surface area contributed by atoms with Crippen LogP contribution >= 0.6 is 27.5 Å². The monoisotopic (exact) mass is 269 g/mol. The zero-order valence-electron chi connectivity index (χ0n) is 7.50. The lowest BCUT2D eigenvalue weighted by Gasteiger charge is -2.01. The third-order valence-electron chi connectivity index (χ3n) is 2.06. The van der Waals surface area contributed by atoms with Crippen molar-refractivity contribution in [2.45, 2.75) is 6.42 Å². The maximum atomic E-state index is 5.88. The zero-order valence-corrected chi connectivity index (χ0v) is 9.85. The lowest BCUT2D eigenvalue weighted by molar-refractivity contribution is 1.08. The van der Waals surface area contributed by atoms with Crippen LogP contribution in [0.1, 0.15) is 5.69 Å². The van der Waals surface area contributed by atoms with E-state index < -0.39 is 0 Å². The molecule has 2 rings (SSSR count). The number of aryl methyl sites for hydroxylation is 1. The highest BCUT2D eigenvalue weighted by Crippen LogP contribution is 2.18. The van der Waals surface area contributed by atoms with E-state index in [9.17, 15) is 0 Å². The Morgan fingerprint density at radius 3 is 2.86 bits per heavy atom. The molecule has 0 unspecified atom stereocenters. The fourth-order valence-electron chi connectivity index (χ4n) is 1.37. The molecule has 0 fully saturated rings. The number of rotatable bonds is 2. The summed E-state index contributed by atoms with van der Waals surface area (Å²) in [4.78, 5) is 4.52. The average molecular weight is 271 g/mol. The van der Waals surface area contributed by atoms with Gasteiger partial charge in [0, 0.05) is 21.4 Å². The molecule has 0 radical (unpaired) electrons. The van der Waals surface area contributed by atoms with Crippen molar-refractivity contribution < 1.29 is 0 Å². The van der Waals surface area contributed by atoms with Crippen LogP contribution in [0.15, 0.2) is 30.3 Å². The number of nitrogens with zero attached hydrogens (tertiary/aromatic N) is 1. The minimum atomic E-state index is 0.757. The summed E-state index contributed by atoms with van der Waals surface area (Å²) in [6.07, 6.45) is 0.957. The second-order valence-corrected chi connectivity index (χ2v) is 4.31. The topological polar surface area (TPSA) is 12.9 Å². The lowest BCUT2D eigenvalue weighted by atomic mass is 10.2. The maximum absolute atomic E-state index is 5.88. The second-order valence-electron chi connectivity index (χ2n) is 3.08. The lowest BCUT2D eigenvalue weighted by Crippen LogP contribution is -1.90. The summed E-state index contributed by atoms with van der Waals surface area (Å²) >= 11 is 9.28. The zero-order chi connectivity index (χ0) is 9.97. The van der Waals surface area contributed by atoms with E-state index in [1.165, 1.54) is 0 Å². The number of hydrogen-bond donors (Lipinski definition) is 0. The minimum absolute atomic E-state index is 0.757. The molecule has 0 saturated heterocycles. The molecule has 3 heteroatoms. The molecule has 0 bridgehead atoms. The van der Waals surface area contributed by atoms with Gasteiger partial charge in [-0.25, -0.2) is 0 Å². The normalized spacial score (nSPS) is 10.7. The smallest absolute Gasteiger partial charge is 0.0706 e. The molecule has 0 spiro atoms. The predicted octanol–water partition coefficient (Wildman–Crippen LogP) is 3.83. The third-order valence-corrected chi connectivity index (χ3v) is 2.69. The number of hydrogen-bond acceptors (Lipinski definition) is 1. The molecule has 14 heavy (non-hydrogen) atoms. The first-order chi connectivity index (χ1) is 6.79. The Morgan fingerprint density at radius 1 is 1.21 bits per heavy atom. The van der Waals surface area contributed by atoms with Crippen LogP contribution in [0.5, 0.6) is 0 Å². The van der Waals surface area contributed by atoms with Gasteiger partial charge in [-0.3, -0.25) is 4.98 Å².